The fraction of sp³-hybridized carbons (Fsp3) is 0.875. The van der Waals surface area contributed by atoms with Gasteiger partial charge in [0.1, 0.15) is 19.4 Å². The van der Waals surface area contributed by atoms with E-state index in [1.165, 1.54) is 7.11 Å². The Labute approximate surface area is 273 Å². The molecular weight excluding hydrogens is 622 g/mol. The number of aliphatic hydroxyl groups is 1. The topological polar surface area (TPSA) is 184 Å². The zero-order valence-electron chi connectivity index (χ0n) is 28.6. The lowest BCUT2D eigenvalue weighted by Crippen LogP contribution is -2.46. The summed E-state index contributed by atoms with van der Waals surface area (Å²) in [6.45, 7) is 10.1. The van der Waals surface area contributed by atoms with Crippen LogP contribution >= 0.6 is 0 Å². The summed E-state index contributed by atoms with van der Waals surface area (Å²) in [6, 6.07) is 0. The number of amides is 1. The van der Waals surface area contributed by atoms with Crippen LogP contribution in [-0.4, -0.2) is 89.0 Å². The molecule has 2 aliphatic rings. The molecule has 2 N–H and O–H groups in total. The molecule has 0 radical (unpaired) electrons. The number of nitrogens with one attached hydrogen (secondary N) is 1. The summed E-state index contributed by atoms with van der Waals surface area (Å²) in [6.07, 6.45) is 2.72. The van der Waals surface area contributed by atoms with Gasteiger partial charge in [0.25, 0.3) is 10.1 Å². The summed E-state index contributed by atoms with van der Waals surface area (Å²) >= 11 is 0. The molecule has 4 atom stereocenters. The molecule has 4 unspecified atom stereocenters. The van der Waals surface area contributed by atoms with E-state index in [9.17, 15) is 32.7 Å². The molecule has 46 heavy (non-hydrogen) atoms. The highest BCUT2D eigenvalue weighted by Crippen LogP contribution is 2.47. The van der Waals surface area contributed by atoms with E-state index in [0.29, 0.717) is 25.4 Å². The first-order chi connectivity index (χ1) is 21.4. The SMILES string of the molecule is CCC(CC(C)(CC(C)(CC(C)(C)C(=O)OCC1CO1)C(=O)OC)C(=O)OCCCO)C(=O)NCOS(=O)(=O)C1CCC(C)CC1. The standard InChI is InChI=1S/C32H55NO12S/c1-8-23(26(35)33-21-45-46(39,40)25-12-10-22(2)11-13-25)16-31(5,29(38)42-15-9-14-34)20-32(6,28(37)41-7)19-30(3,4)27(36)44-18-24-17-43-24/h22-25,34H,8-21H2,1-7H3,(H,33,35). The minimum absolute atomic E-state index is 0.0365. The first-order valence-electron chi connectivity index (χ1n) is 16.2. The Morgan fingerprint density at radius 2 is 1.59 bits per heavy atom. The van der Waals surface area contributed by atoms with Crippen molar-refractivity contribution >= 4 is 33.9 Å². The average Bonchev–Trinajstić information content (AvgIpc) is 3.82. The quantitative estimate of drug-likeness (QED) is 0.0480. The Kier molecular flexibility index (Phi) is 14.9. The van der Waals surface area contributed by atoms with Gasteiger partial charge < -0.3 is 29.4 Å². The van der Waals surface area contributed by atoms with Gasteiger partial charge in [0, 0.05) is 18.9 Å². The molecule has 1 amide bonds. The molecule has 1 aliphatic carbocycles. The number of aliphatic hydroxyl groups excluding tert-OH is 1. The monoisotopic (exact) mass is 677 g/mol. The Morgan fingerprint density at radius 1 is 0.957 bits per heavy atom. The molecule has 2 fully saturated rings. The Hall–Kier alpha value is -2.29. The molecule has 1 aliphatic heterocycles. The summed E-state index contributed by atoms with van der Waals surface area (Å²) in [7, 11) is -2.65. The van der Waals surface area contributed by atoms with E-state index in [4.69, 9.17) is 23.1 Å². The smallest absolute Gasteiger partial charge is 0.311 e. The maximum Gasteiger partial charge on any atom is 0.311 e. The summed E-state index contributed by atoms with van der Waals surface area (Å²) < 4.78 is 51.7. The molecule has 1 heterocycles. The number of rotatable bonds is 20. The lowest BCUT2D eigenvalue weighted by molar-refractivity contribution is -0.168. The number of methoxy groups -OCH3 is 1. The van der Waals surface area contributed by atoms with Gasteiger partial charge in [-0.15, -0.1) is 0 Å². The predicted molar refractivity (Wildman–Crippen MR) is 167 cm³/mol. The lowest BCUT2D eigenvalue weighted by Gasteiger charge is -2.40. The van der Waals surface area contributed by atoms with E-state index in [1.54, 1.807) is 34.6 Å². The highest BCUT2D eigenvalue weighted by Gasteiger charge is 2.51. The first-order valence-corrected chi connectivity index (χ1v) is 17.7. The fourth-order valence-electron chi connectivity index (χ4n) is 6.43. The van der Waals surface area contributed by atoms with Crippen LogP contribution in [0.2, 0.25) is 0 Å². The number of carbonyl (C=O) groups excluding carboxylic acids is 4. The number of hydrogen-bond donors (Lipinski definition) is 2. The summed E-state index contributed by atoms with van der Waals surface area (Å²) in [5, 5.41) is 11.1. The van der Waals surface area contributed by atoms with E-state index >= 15 is 0 Å². The second kappa shape index (κ2) is 17.2. The van der Waals surface area contributed by atoms with Gasteiger partial charge in [0.15, 0.2) is 0 Å². The molecule has 1 saturated carbocycles. The fourth-order valence-corrected chi connectivity index (χ4v) is 7.69. The molecule has 0 aromatic carbocycles. The van der Waals surface area contributed by atoms with Crippen molar-refractivity contribution in [3.63, 3.8) is 0 Å². The van der Waals surface area contributed by atoms with Crippen molar-refractivity contribution in [1.82, 2.24) is 5.32 Å². The van der Waals surface area contributed by atoms with Gasteiger partial charge in [0.05, 0.1) is 41.8 Å². The normalized spacial score (nSPS) is 23.3. The van der Waals surface area contributed by atoms with Gasteiger partial charge in [-0.25, -0.2) is 4.18 Å². The molecule has 2 rings (SSSR count). The third-order valence-electron chi connectivity index (χ3n) is 9.08. The second-order valence-electron chi connectivity index (χ2n) is 14.1. The van der Waals surface area contributed by atoms with Gasteiger partial charge in [0.2, 0.25) is 5.91 Å². The maximum absolute atomic E-state index is 13.6. The molecule has 1 saturated heterocycles. The van der Waals surface area contributed by atoms with Gasteiger partial charge >= 0.3 is 17.9 Å². The number of carbonyl (C=O) groups is 4. The van der Waals surface area contributed by atoms with Crippen molar-refractivity contribution in [2.75, 3.05) is 40.3 Å². The van der Waals surface area contributed by atoms with E-state index in [1.807, 2.05) is 0 Å². The molecule has 266 valence electrons. The van der Waals surface area contributed by atoms with Crippen molar-refractivity contribution in [3.05, 3.63) is 0 Å². The zero-order chi connectivity index (χ0) is 34.8. The van der Waals surface area contributed by atoms with Crippen molar-refractivity contribution in [3.8, 4) is 0 Å². The molecule has 0 bridgehead atoms. The summed E-state index contributed by atoms with van der Waals surface area (Å²) in [5.74, 6) is -2.70. The van der Waals surface area contributed by atoms with E-state index in [-0.39, 0.29) is 58.0 Å². The first kappa shape index (κ1) is 39.9. The third kappa shape index (κ3) is 11.7. The van der Waals surface area contributed by atoms with Gasteiger partial charge in [-0.05, 0) is 85.0 Å². The van der Waals surface area contributed by atoms with Gasteiger partial charge in [-0.1, -0.05) is 13.8 Å². The molecule has 0 aromatic heterocycles. The largest absolute Gasteiger partial charge is 0.469 e. The molecular formula is C32H55NO12S. The van der Waals surface area contributed by atoms with Crippen LogP contribution in [0.4, 0.5) is 0 Å². The lowest BCUT2D eigenvalue weighted by atomic mass is 9.63. The van der Waals surface area contributed by atoms with Crippen LogP contribution in [0.3, 0.4) is 0 Å². The summed E-state index contributed by atoms with van der Waals surface area (Å²) in [5.41, 5.74) is -3.97. The van der Waals surface area contributed by atoms with Crippen LogP contribution in [-0.2, 0) is 52.4 Å². The third-order valence-corrected chi connectivity index (χ3v) is 10.8. The zero-order valence-corrected chi connectivity index (χ0v) is 29.4. The van der Waals surface area contributed by atoms with Crippen molar-refractivity contribution < 1.29 is 55.8 Å². The summed E-state index contributed by atoms with van der Waals surface area (Å²) in [4.78, 5) is 53.3. The molecule has 14 heteroatoms. The Balaban J connectivity index is 2.23. The van der Waals surface area contributed by atoms with Gasteiger partial charge in [-0.2, -0.15) is 8.42 Å². The molecule has 13 nitrogen and oxygen atoms in total. The maximum atomic E-state index is 13.6. The number of epoxide rings is 1. The molecule has 0 spiro atoms. The van der Waals surface area contributed by atoms with Crippen molar-refractivity contribution in [2.45, 2.75) is 111 Å². The van der Waals surface area contributed by atoms with Crippen molar-refractivity contribution in [2.24, 2.45) is 28.1 Å². The highest BCUT2D eigenvalue weighted by atomic mass is 32.2. The van der Waals surface area contributed by atoms with Crippen LogP contribution in [0.25, 0.3) is 0 Å². The van der Waals surface area contributed by atoms with Crippen LogP contribution in [0.1, 0.15) is 99.3 Å². The minimum Gasteiger partial charge on any atom is -0.469 e. The van der Waals surface area contributed by atoms with Crippen LogP contribution < -0.4 is 5.32 Å². The van der Waals surface area contributed by atoms with Crippen LogP contribution in [0.15, 0.2) is 0 Å². The van der Waals surface area contributed by atoms with E-state index in [2.05, 4.69) is 12.2 Å². The number of esters is 3. The van der Waals surface area contributed by atoms with Gasteiger partial charge in [-0.3, -0.25) is 19.2 Å². The highest BCUT2D eigenvalue weighted by molar-refractivity contribution is 7.87. The van der Waals surface area contributed by atoms with Crippen molar-refractivity contribution in [1.29, 1.82) is 0 Å². The van der Waals surface area contributed by atoms with E-state index < -0.39 is 68.1 Å². The minimum atomic E-state index is -3.87. The van der Waals surface area contributed by atoms with E-state index in [0.717, 1.165) is 12.8 Å². The second-order valence-corrected chi connectivity index (χ2v) is 16.0. The Bertz CT molecular complexity index is 1150. The average molecular weight is 678 g/mol. The van der Waals surface area contributed by atoms with Crippen LogP contribution in [0.5, 0.6) is 0 Å². The molecule has 0 aromatic rings. The predicted octanol–water partition coefficient (Wildman–Crippen LogP) is 3.26. The number of hydrogen-bond acceptors (Lipinski definition) is 12. The van der Waals surface area contributed by atoms with Crippen LogP contribution in [0, 0.1) is 28.1 Å². The Morgan fingerprint density at radius 3 is 2.13 bits per heavy atom. The number of ether oxygens (including phenoxy) is 4.